The van der Waals surface area contributed by atoms with Crippen LogP contribution >= 0.6 is 47.0 Å². The lowest BCUT2D eigenvalue weighted by Gasteiger charge is -2.00. The van der Waals surface area contributed by atoms with Gasteiger partial charge in [0.1, 0.15) is 0 Å². The number of Topliss-reactive ketones (excluding diaryl/α,β-unsaturated/α-hetero) is 2. The average molecular weight is 417 g/mol. The standard InChI is InChI=1S/C20H16O2S4/c1-3-23-11-5-7-13-15(9-11)25-19(17(13)21)20-18(22)14-8-6-12(24-4-2)10-16(14)26-20/h5-10H,3-4H2,1-2H3/b20-19+. The zero-order valence-electron chi connectivity index (χ0n) is 14.3. The molecule has 2 aliphatic heterocycles. The predicted octanol–water partition coefficient (Wildman–Crippen LogP) is 6.40. The van der Waals surface area contributed by atoms with Crippen LogP contribution in [0.5, 0.6) is 0 Å². The van der Waals surface area contributed by atoms with Gasteiger partial charge in [-0.05, 0) is 47.9 Å². The lowest BCUT2D eigenvalue weighted by molar-refractivity contribution is 0.101. The lowest BCUT2D eigenvalue weighted by atomic mass is 10.1. The highest BCUT2D eigenvalue weighted by atomic mass is 32.2. The number of allylic oxidation sites excluding steroid dienone is 2. The van der Waals surface area contributed by atoms with Crippen molar-refractivity contribution in [1.82, 2.24) is 0 Å². The molecule has 2 aromatic rings. The Morgan fingerprint density at radius 3 is 1.54 bits per heavy atom. The molecule has 0 saturated heterocycles. The molecule has 4 rings (SSSR count). The van der Waals surface area contributed by atoms with Crippen molar-refractivity contribution in [1.29, 1.82) is 0 Å². The van der Waals surface area contributed by atoms with E-state index in [1.54, 1.807) is 23.5 Å². The number of fused-ring (bicyclic) bond motifs is 2. The molecule has 0 unspecified atom stereocenters. The summed E-state index contributed by atoms with van der Waals surface area (Å²) in [5, 5.41) is 0. The van der Waals surface area contributed by atoms with Crippen molar-refractivity contribution in [3.05, 3.63) is 57.3 Å². The molecule has 2 nitrogen and oxygen atoms in total. The first kappa shape index (κ1) is 18.3. The van der Waals surface area contributed by atoms with Crippen LogP contribution < -0.4 is 0 Å². The molecule has 0 atom stereocenters. The molecule has 2 aromatic carbocycles. The first-order valence-electron chi connectivity index (χ1n) is 8.35. The van der Waals surface area contributed by atoms with Gasteiger partial charge in [-0.25, -0.2) is 0 Å². The zero-order chi connectivity index (χ0) is 18.3. The maximum atomic E-state index is 12.9. The van der Waals surface area contributed by atoms with Crippen molar-refractivity contribution in [2.75, 3.05) is 11.5 Å². The Morgan fingerprint density at radius 1 is 0.731 bits per heavy atom. The van der Waals surface area contributed by atoms with E-state index >= 15 is 0 Å². The summed E-state index contributed by atoms with van der Waals surface area (Å²) in [7, 11) is 0. The minimum absolute atomic E-state index is 0.0233. The van der Waals surface area contributed by atoms with Gasteiger partial charge in [0.2, 0.25) is 11.6 Å². The summed E-state index contributed by atoms with van der Waals surface area (Å²) < 4.78 is 0. The molecule has 0 radical (unpaired) electrons. The van der Waals surface area contributed by atoms with Gasteiger partial charge in [0.05, 0.1) is 9.81 Å². The van der Waals surface area contributed by atoms with Crippen LogP contribution in [0.3, 0.4) is 0 Å². The molecule has 0 aliphatic carbocycles. The van der Waals surface area contributed by atoms with Crippen LogP contribution in [-0.2, 0) is 0 Å². The molecular weight excluding hydrogens is 400 g/mol. The van der Waals surface area contributed by atoms with Gasteiger partial charge in [-0.15, -0.1) is 23.5 Å². The molecule has 6 heteroatoms. The number of carbonyl (C=O) groups excluding carboxylic acids is 2. The van der Waals surface area contributed by atoms with Crippen LogP contribution in [0.4, 0.5) is 0 Å². The summed E-state index contributed by atoms with van der Waals surface area (Å²) >= 11 is 6.40. The number of thioether (sulfide) groups is 4. The summed E-state index contributed by atoms with van der Waals surface area (Å²) in [6.45, 7) is 4.22. The first-order chi connectivity index (χ1) is 12.6. The fourth-order valence-corrected chi connectivity index (χ4v) is 6.84. The maximum absolute atomic E-state index is 12.9. The summed E-state index contributed by atoms with van der Waals surface area (Å²) in [5.41, 5.74) is 1.43. The number of hydrogen-bond acceptors (Lipinski definition) is 6. The Kier molecular flexibility index (Phi) is 5.28. The Balaban J connectivity index is 1.69. The number of benzene rings is 2. The molecule has 0 fully saturated rings. The molecule has 26 heavy (non-hydrogen) atoms. The Morgan fingerprint density at radius 2 is 1.15 bits per heavy atom. The van der Waals surface area contributed by atoms with E-state index in [1.807, 2.05) is 24.3 Å². The summed E-state index contributed by atoms with van der Waals surface area (Å²) in [6, 6.07) is 11.9. The fraction of sp³-hybridized carbons (Fsp3) is 0.200. The van der Waals surface area contributed by atoms with Crippen LogP contribution in [0.1, 0.15) is 34.6 Å². The van der Waals surface area contributed by atoms with Gasteiger partial charge in [-0.3, -0.25) is 9.59 Å². The van der Waals surface area contributed by atoms with Crippen LogP contribution in [-0.4, -0.2) is 23.1 Å². The third-order valence-corrected chi connectivity index (χ3v) is 8.24. The van der Waals surface area contributed by atoms with E-state index < -0.39 is 0 Å². The second-order valence-corrected chi connectivity index (χ2v) is 10.5. The normalized spacial score (nSPS) is 18.4. The molecule has 0 spiro atoms. The molecule has 0 amide bonds. The van der Waals surface area contributed by atoms with Gasteiger partial charge in [0, 0.05) is 30.7 Å². The molecule has 0 N–H and O–H groups in total. The van der Waals surface area contributed by atoms with Crippen molar-refractivity contribution < 1.29 is 9.59 Å². The van der Waals surface area contributed by atoms with E-state index in [1.165, 1.54) is 23.5 Å². The number of carbonyl (C=O) groups is 2. The quantitative estimate of drug-likeness (QED) is 0.424. The largest absolute Gasteiger partial charge is 0.288 e. The van der Waals surface area contributed by atoms with Gasteiger partial charge >= 0.3 is 0 Å². The Bertz CT molecular complexity index is 885. The Hall–Kier alpha value is -1.08. The summed E-state index contributed by atoms with van der Waals surface area (Å²) in [4.78, 5) is 31.1. The van der Waals surface area contributed by atoms with Gasteiger partial charge in [-0.1, -0.05) is 37.4 Å². The molecule has 0 saturated carbocycles. The molecule has 2 aliphatic rings. The number of ketones is 2. The second-order valence-electron chi connectivity index (χ2n) is 5.70. The van der Waals surface area contributed by atoms with Gasteiger partial charge < -0.3 is 0 Å². The minimum atomic E-state index is -0.0233. The third-order valence-electron chi connectivity index (χ3n) is 4.06. The van der Waals surface area contributed by atoms with Gasteiger partial charge in [-0.2, -0.15) is 0 Å². The topological polar surface area (TPSA) is 34.1 Å². The predicted molar refractivity (Wildman–Crippen MR) is 113 cm³/mol. The highest BCUT2D eigenvalue weighted by molar-refractivity contribution is 8.08. The highest BCUT2D eigenvalue weighted by Crippen LogP contribution is 2.50. The molecular formula is C20H16O2S4. The second kappa shape index (κ2) is 7.50. The van der Waals surface area contributed by atoms with Crippen molar-refractivity contribution in [3.8, 4) is 0 Å². The number of hydrogen-bond donors (Lipinski definition) is 0. The molecule has 0 bridgehead atoms. The smallest absolute Gasteiger partial charge is 0.202 e. The van der Waals surface area contributed by atoms with Gasteiger partial charge in [0.15, 0.2) is 0 Å². The van der Waals surface area contributed by atoms with Crippen LogP contribution in [0.25, 0.3) is 0 Å². The van der Waals surface area contributed by atoms with Crippen LogP contribution in [0.15, 0.2) is 65.8 Å². The van der Waals surface area contributed by atoms with Crippen LogP contribution in [0, 0.1) is 0 Å². The SMILES string of the molecule is CCSc1ccc2c(c1)S/C(=C1/Sc3cc(SCC)ccc3C1=O)C2=O. The average Bonchev–Trinajstić information content (AvgIpc) is 3.12. The van der Waals surface area contributed by atoms with E-state index in [4.69, 9.17) is 0 Å². The summed E-state index contributed by atoms with van der Waals surface area (Å²) in [5.74, 6) is 1.94. The van der Waals surface area contributed by atoms with Crippen molar-refractivity contribution in [3.63, 3.8) is 0 Å². The van der Waals surface area contributed by atoms with E-state index in [0.29, 0.717) is 20.9 Å². The monoisotopic (exact) mass is 416 g/mol. The minimum Gasteiger partial charge on any atom is -0.288 e. The fourth-order valence-electron chi connectivity index (χ4n) is 2.92. The molecule has 132 valence electrons. The van der Waals surface area contributed by atoms with Gasteiger partial charge in [0.25, 0.3) is 0 Å². The van der Waals surface area contributed by atoms with E-state index in [2.05, 4.69) is 26.0 Å². The number of rotatable bonds is 4. The highest BCUT2D eigenvalue weighted by Gasteiger charge is 2.36. The first-order valence-corrected chi connectivity index (χ1v) is 12.0. The van der Waals surface area contributed by atoms with Crippen molar-refractivity contribution >= 4 is 58.6 Å². The third kappa shape index (κ3) is 3.17. The van der Waals surface area contributed by atoms with E-state index in [0.717, 1.165) is 31.1 Å². The lowest BCUT2D eigenvalue weighted by Crippen LogP contribution is -2.01. The van der Waals surface area contributed by atoms with E-state index in [-0.39, 0.29) is 11.6 Å². The summed E-state index contributed by atoms with van der Waals surface area (Å²) in [6.07, 6.45) is 0. The van der Waals surface area contributed by atoms with Crippen molar-refractivity contribution in [2.24, 2.45) is 0 Å². The molecule has 0 aromatic heterocycles. The van der Waals surface area contributed by atoms with Crippen LogP contribution in [0.2, 0.25) is 0 Å². The van der Waals surface area contributed by atoms with E-state index in [9.17, 15) is 9.59 Å². The van der Waals surface area contributed by atoms with Crippen molar-refractivity contribution in [2.45, 2.75) is 33.4 Å². The Labute approximate surface area is 170 Å². The zero-order valence-corrected chi connectivity index (χ0v) is 17.6. The maximum Gasteiger partial charge on any atom is 0.202 e. The molecule has 2 heterocycles.